The maximum atomic E-state index is 11.0. The summed E-state index contributed by atoms with van der Waals surface area (Å²) < 4.78 is 21.9. The molecule has 0 aromatic rings. The quantitative estimate of drug-likeness (QED) is 0.472. The van der Waals surface area contributed by atoms with Gasteiger partial charge in [0.15, 0.2) is 9.84 Å². The Balaban J connectivity index is 2.47. The second-order valence-electron chi connectivity index (χ2n) is 2.93. The lowest BCUT2D eigenvalue weighted by Crippen LogP contribution is -2.40. The van der Waals surface area contributed by atoms with Gasteiger partial charge in [0.2, 0.25) is 0 Å². The first-order valence-corrected chi connectivity index (χ1v) is 5.60. The fourth-order valence-electron chi connectivity index (χ4n) is 1.27. The Bertz CT molecular complexity index is 238. The molecule has 12 heavy (non-hydrogen) atoms. The van der Waals surface area contributed by atoms with E-state index in [1.807, 2.05) is 0 Å². The molecule has 1 aliphatic heterocycles. The van der Waals surface area contributed by atoms with Crippen LogP contribution < -0.4 is 5.32 Å². The Morgan fingerprint density at radius 1 is 1.42 bits per heavy atom. The summed E-state index contributed by atoms with van der Waals surface area (Å²) in [6.45, 7) is 0.264. The highest BCUT2D eigenvalue weighted by molar-refractivity contribution is 7.91. The molecule has 0 aromatic heterocycles. The summed E-state index contributed by atoms with van der Waals surface area (Å²) in [4.78, 5) is 0. The van der Waals surface area contributed by atoms with Gasteiger partial charge in [-0.25, -0.2) is 8.42 Å². The van der Waals surface area contributed by atoms with Gasteiger partial charge in [-0.15, -0.1) is 0 Å². The lowest BCUT2D eigenvalue weighted by molar-refractivity contribution is 0.161. The maximum absolute atomic E-state index is 11.0. The summed E-state index contributed by atoms with van der Waals surface area (Å²) in [5, 5.41) is 20.4. The number of aliphatic hydroxyl groups is 2. The van der Waals surface area contributed by atoms with Gasteiger partial charge in [0.1, 0.15) is 0 Å². The molecule has 1 aliphatic rings. The average molecular weight is 195 g/mol. The van der Waals surface area contributed by atoms with E-state index in [4.69, 9.17) is 5.11 Å². The third-order valence-corrected chi connectivity index (χ3v) is 3.56. The van der Waals surface area contributed by atoms with Crippen LogP contribution in [0.3, 0.4) is 0 Å². The molecule has 1 saturated heterocycles. The summed E-state index contributed by atoms with van der Waals surface area (Å²) >= 11 is 0. The van der Waals surface area contributed by atoms with Gasteiger partial charge < -0.3 is 15.5 Å². The minimum atomic E-state index is -3.07. The molecule has 1 rings (SSSR count). The van der Waals surface area contributed by atoms with Crippen LogP contribution in [0.25, 0.3) is 0 Å². The largest absolute Gasteiger partial charge is 0.395 e. The lowest BCUT2D eigenvalue weighted by Gasteiger charge is -2.12. The lowest BCUT2D eigenvalue weighted by atomic mass is 10.2. The Kier molecular flexibility index (Phi) is 3.05. The van der Waals surface area contributed by atoms with Gasteiger partial charge >= 0.3 is 0 Å². The molecule has 0 bridgehead atoms. The fourth-order valence-corrected chi connectivity index (χ4v) is 3.05. The van der Waals surface area contributed by atoms with Gasteiger partial charge in [-0.1, -0.05) is 0 Å². The highest BCUT2D eigenvalue weighted by Gasteiger charge is 2.35. The summed E-state index contributed by atoms with van der Waals surface area (Å²) in [6.07, 6.45) is -0.832. The SMILES string of the molecule is O=S1(=O)C[C@H](NCCO)[C@@H](O)C1. The summed E-state index contributed by atoms with van der Waals surface area (Å²) in [5.74, 6) is -0.204. The molecule has 6 heteroatoms. The molecule has 0 aliphatic carbocycles. The number of hydrogen-bond acceptors (Lipinski definition) is 5. The molecule has 5 nitrogen and oxygen atoms in total. The zero-order valence-electron chi connectivity index (χ0n) is 6.60. The molecule has 0 amide bonds. The van der Waals surface area contributed by atoms with Crippen LogP contribution >= 0.6 is 0 Å². The van der Waals surface area contributed by atoms with Gasteiger partial charge in [0.05, 0.1) is 24.2 Å². The van der Waals surface area contributed by atoms with E-state index in [1.165, 1.54) is 0 Å². The first-order valence-electron chi connectivity index (χ1n) is 3.78. The van der Waals surface area contributed by atoms with Gasteiger partial charge in [0.25, 0.3) is 0 Å². The number of nitrogens with one attached hydrogen (secondary N) is 1. The Hall–Kier alpha value is -0.170. The molecule has 0 saturated carbocycles. The molecule has 0 spiro atoms. The number of aliphatic hydroxyl groups excluding tert-OH is 2. The first kappa shape index (κ1) is 9.91. The Morgan fingerprint density at radius 3 is 2.50 bits per heavy atom. The molecule has 0 radical (unpaired) electrons. The second kappa shape index (κ2) is 3.69. The van der Waals surface area contributed by atoms with Crippen LogP contribution in [0.15, 0.2) is 0 Å². The van der Waals surface area contributed by atoms with Crippen molar-refractivity contribution in [3.8, 4) is 0 Å². The number of sulfone groups is 1. The molecular weight excluding hydrogens is 182 g/mol. The molecule has 1 fully saturated rings. The molecule has 72 valence electrons. The van der Waals surface area contributed by atoms with Crippen LogP contribution in [-0.4, -0.2) is 55.4 Å². The van der Waals surface area contributed by atoms with Crippen LogP contribution in [0.2, 0.25) is 0 Å². The van der Waals surface area contributed by atoms with Crippen LogP contribution in [0.4, 0.5) is 0 Å². The van der Waals surface area contributed by atoms with Crippen molar-refractivity contribution in [2.45, 2.75) is 12.1 Å². The van der Waals surface area contributed by atoms with E-state index < -0.39 is 22.0 Å². The van der Waals surface area contributed by atoms with E-state index in [-0.39, 0.29) is 18.1 Å². The summed E-state index contributed by atoms with van der Waals surface area (Å²) in [7, 11) is -3.07. The van der Waals surface area contributed by atoms with E-state index in [9.17, 15) is 13.5 Å². The van der Waals surface area contributed by atoms with Crippen molar-refractivity contribution >= 4 is 9.84 Å². The van der Waals surface area contributed by atoms with Crippen molar-refractivity contribution in [3.05, 3.63) is 0 Å². The minimum Gasteiger partial charge on any atom is -0.395 e. The van der Waals surface area contributed by atoms with E-state index in [1.54, 1.807) is 0 Å². The van der Waals surface area contributed by atoms with E-state index in [2.05, 4.69) is 5.32 Å². The first-order chi connectivity index (χ1) is 5.55. The Labute approximate surface area is 71.3 Å². The zero-order valence-corrected chi connectivity index (χ0v) is 7.42. The third kappa shape index (κ3) is 2.41. The van der Waals surface area contributed by atoms with Gasteiger partial charge in [-0.05, 0) is 0 Å². The monoisotopic (exact) mass is 195 g/mol. The van der Waals surface area contributed by atoms with Crippen molar-refractivity contribution < 1.29 is 18.6 Å². The maximum Gasteiger partial charge on any atom is 0.154 e. The van der Waals surface area contributed by atoms with E-state index in [0.717, 1.165) is 0 Å². The molecule has 0 unspecified atom stereocenters. The molecule has 1 heterocycles. The van der Waals surface area contributed by atoms with E-state index >= 15 is 0 Å². The highest BCUT2D eigenvalue weighted by atomic mass is 32.2. The molecule has 2 atom stereocenters. The standard InChI is InChI=1S/C6H13NO4S/c8-2-1-7-5-3-12(10,11)4-6(5)9/h5-9H,1-4H2/t5-,6-/m0/s1. The molecule has 3 N–H and O–H groups in total. The van der Waals surface area contributed by atoms with Crippen molar-refractivity contribution in [2.24, 2.45) is 0 Å². The molecule has 0 aromatic carbocycles. The van der Waals surface area contributed by atoms with Crippen LogP contribution in [-0.2, 0) is 9.84 Å². The highest BCUT2D eigenvalue weighted by Crippen LogP contribution is 2.11. The van der Waals surface area contributed by atoms with Crippen molar-refractivity contribution in [3.63, 3.8) is 0 Å². The zero-order chi connectivity index (χ0) is 9.19. The van der Waals surface area contributed by atoms with Gasteiger partial charge in [0, 0.05) is 12.6 Å². The van der Waals surface area contributed by atoms with Crippen molar-refractivity contribution in [1.29, 1.82) is 0 Å². The minimum absolute atomic E-state index is 0.0336. The number of hydrogen-bond donors (Lipinski definition) is 3. The van der Waals surface area contributed by atoms with Crippen LogP contribution in [0, 0.1) is 0 Å². The topological polar surface area (TPSA) is 86.6 Å². The summed E-state index contributed by atoms with van der Waals surface area (Å²) in [5.41, 5.74) is 0. The Morgan fingerprint density at radius 2 is 2.08 bits per heavy atom. The summed E-state index contributed by atoms with van der Waals surface area (Å²) in [6, 6.07) is -0.415. The fraction of sp³-hybridized carbons (Fsp3) is 1.00. The van der Waals surface area contributed by atoms with Gasteiger partial charge in [-0.3, -0.25) is 0 Å². The van der Waals surface area contributed by atoms with Crippen molar-refractivity contribution in [1.82, 2.24) is 5.32 Å². The predicted molar refractivity (Wildman–Crippen MR) is 43.5 cm³/mol. The smallest absolute Gasteiger partial charge is 0.154 e. The third-order valence-electron chi connectivity index (χ3n) is 1.84. The van der Waals surface area contributed by atoms with E-state index in [0.29, 0.717) is 6.54 Å². The van der Waals surface area contributed by atoms with Crippen LogP contribution in [0.1, 0.15) is 0 Å². The van der Waals surface area contributed by atoms with Crippen LogP contribution in [0.5, 0.6) is 0 Å². The molecular formula is C6H13NO4S. The normalized spacial score (nSPS) is 33.8. The number of rotatable bonds is 3. The average Bonchev–Trinajstić information content (AvgIpc) is 2.20. The van der Waals surface area contributed by atoms with Gasteiger partial charge in [-0.2, -0.15) is 0 Å². The second-order valence-corrected chi connectivity index (χ2v) is 5.08. The van der Waals surface area contributed by atoms with Crippen molar-refractivity contribution in [2.75, 3.05) is 24.7 Å². The predicted octanol–water partition coefficient (Wildman–Crippen LogP) is -2.27.